The number of aromatic nitrogens is 2. The molecule has 2 aromatic rings. The van der Waals surface area contributed by atoms with Gasteiger partial charge < -0.3 is 5.73 Å². The summed E-state index contributed by atoms with van der Waals surface area (Å²) in [7, 11) is 0. The number of primary amides is 1. The van der Waals surface area contributed by atoms with Crippen molar-refractivity contribution in [2.24, 2.45) is 5.73 Å². The minimum absolute atomic E-state index is 0.392. The highest BCUT2D eigenvalue weighted by Crippen LogP contribution is 2.13. The molecule has 0 unspecified atom stereocenters. The molecule has 0 aliphatic rings. The van der Waals surface area contributed by atoms with Gasteiger partial charge in [0.15, 0.2) is 0 Å². The zero-order valence-corrected chi connectivity index (χ0v) is 11.4. The van der Waals surface area contributed by atoms with Crippen molar-refractivity contribution in [2.45, 2.75) is 33.2 Å². The molecule has 2 N–H and O–H groups in total. The van der Waals surface area contributed by atoms with Gasteiger partial charge in [-0.15, -0.1) is 0 Å². The van der Waals surface area contributed by atoms with Gasteiger partial charge in [-0.05, 0) is 30.5 Å². The summed E-state index contributed by atoms with van der Waals surface area (Å²) in [5, 5.41) is 4.56. The van der Waals surface area contributed by atoms with E-state index in [2.05, 4.69) is 25.0 Å². The van der Waals surface area contributed by atoms with Crippen molar-refractivity contribution in [1.82, 2.24) is 9.78 Å². The number of amides is 1. The van der Waals surface area contributed by atoms with Gasteiger partial charge in [-0.3, -0.25) is 9.48 Å². The van der Waals surface area contributed by atoms with Gasteiger partial charge in [0.05, 0.1) is 12.2 Å². The first-order valence-corrected chi connectivity index (χ1v) is 6.59. The summed E-state index contributed by atoms with van der Waals surface area (Å²) in [4.78, 5) is 11.4. The number of hydrogen-bond donors (Lipinski definition) is 1. The third kappa shape index (κ3) is 2.84. The maximum absolute atomic E-state index is 11.4. The summed E-state index contributed by atoms with van der Waals surface area (Å²) < 4.78 is 1.96. The third-order valence-electron chi connectivity index (χ3n) is 3.24. The van der Waals surface area contributed by atoms with Crippen molar-refractivity contribution in [1.29, 1.82) is 0 Å². The molecule has 100 valence electrons. The summed E-state index contributed by atoms with van der Waals surface area (Å²) in [5.41, 5.74) is 9.14. The predicted octanol–water partition coefficient (Wildman–Crippen LogP) is 2.16. The van der Waals surface area contributed by atoms with Crippen LogP contribution in [0.4, 0.5) is 0 Å². The summed E-state index contributed by atoms with van der Waals surface area (Å²) in [5.74, 6) is -0.392. The van der Waals surface area contributed by atoms with Crippen LogP contribution in [0.25, 0.3) is 0 Å². The Morgan fingerprint density at radius 1 is 1.26 bits per heavy atom. The highest BCUT2D eigenvalue weighted by Gasteiger charge is 2.11. The lowest BCUT2D eigenvalue weighted by Crippen LogP contribution is -2.16. The highest BCUT2D eigenvalue weighted by atomic mass is 16.1. The van der Waals surface area contributed by atoms with Crippen LogP contribution in [0.2, 0.25) is 0 Å². The molecule has 0 aliphatic heterocycles. The minimum atomic E-state index is -0.392. The van der Waals surface area contributed by atoms with E-state index in [1.807, 2.05) is 22.9 Å². The lowest BCUT2D eigenvalue weighted by Gasteiger charge is -2.09. The van der Waals surface area contributed by atoms with E-state index in [0.717, 1.165) is 24.1 Å². The summed E-state index contributed by atoms with van der Waals surface area (Å²) in [6.07, 6.45) is 1.84. The van der Waals surface area contributed by atoms with Crippen LogP contribution in [0.15, 0.2) is 30.3 Å². The second kappa shape index (κ2) is 5.69. The van der Waals surface area contributed by atoms with Crippen LogP contribution in [0.1, 0.15) is 41.2 Å². The van der Waals surface area contributed by atoms with Crippen molar-refractivity contribution >= 4 is 5.91 Å². The van der Waals surface area contributed by atoms with E-state index in [0.29, 0.717) is 12.1 Å². The van der Waals surface area contributed by atoms with Crippen LogP contribution in [-0.2, 0) is 19.4 Å². The Labute approximate surface area is 113 Å². The first-order chi connectivity index (χ1) is 9.15. The number of rotatable bonds is 5. The van der Waals surface area contributed by atoms with E-state index in [4.69, 9.17) is 5.73 Å². The lowest BCUT2D eigenvalue weighted by molar-refractivity contribution is 0.0999. The first kappa shape index (κ1) is 13.3. The second-order valence-electron chi connectivity index (χ2n) is 4.51. The molecule has 2 rings (SSSR count). The lowest BCUT2D eigenvalue weighted by atomic mass is 10.1. The quantitative estimate of drug-likeness (QED) is 0.892. The zero-order chi connectivity index (χ0) is 13.8. The number of nitrogens with two attached hydrogens (primary N) is 1. The maximum Gasteiger partial charge on any atom is 0.249 e. The molecule has 4 nitrogen and oxygen atoms in total. The fourth-order valence-corrected chi connectivity index (χ4v) is 2.17. The molecule has 1 heterocycles. The molecule has 1 aromatic heterocycles. The van der Waals surface area contributed by atoms with Gasteiger partial charge in [0.1, 0.15) is 0 Å². The molecule has 0 bridgehead atoms. The van der Waals surface area contributed by atoms with E-state index in [1.165, 1.54) is 5.69 Å². The van der Waals surface area contributed by atoms with Gasteiger partial charge in [-0.25, -0.2) is 0 Å². The first-order valence-electron chi connectivity index (χ1n) is 6.59. The second-order valence-corrected chi connectivity index (χ2v) is 4.51. The van der Waals surface area contributed by atoms with Gasteiger partial charge in [-0.2, -0.15) is 5.10 Å². The topological polar surface area (TPSA) is 60.9 Å². The van der Waals surface area contributed by atoms with Crippen molar-refractivity contribution in [3.05, 3.63) is 52.8 Å². The molecule has 0 spiro atoms. The van der Waals surface area contributed by atoms with Crippen LogP contribution in [0, 0.1) is 0 Å². The Balaban J connectivity index is 2.35. The minimum Gasteiger partial charge on any atom is -0.366 e. The van der Waals surface area contributed by atoms with Crippen molar-refractivity contribution in [2.75, 3.05) is 0 Å². The highest BCUT2D eigenvalue weighted by molar-refractivity contribution is 5.94. The number of aryl methyl sites for hydroxylation is 2. The fourth-order valence-electron chi connectivity index (χ4n) is 2.17. The number of nitrogens with zero attached hydrogens (tertiary/aromatic N) is 2. The molecular weight excluding hydrogens is 238 g/mol. The smallest absolute Gasteiger partial charge is 0.249 e. The molecule has 0 fully saturated rings. The SMILES string of the molecule is CCc1cc(CC)n(Cc2ccccc2C(N)=O)n1. The van der Waals surface area contributed by atoms with Gasteiger partial charge in [0, 0.05) is 11.3 Å². The maximum atomic E-state index is 11.4. The van der Waals surface area contributed by atoms with Crippen LogP contribution in [0.3, 0.4) is 0 Å². The van der Waals surface area contributed by atoms with Gasteiger partial charge in [-0.1, -0.05) is 32.0 Å². The number of carbonyl (C=O) groups is 1. The Hall–Kier alpha value is -2.10. The summed E-state index contributed by atoms with van der Waals surface area (Å²) >= 11 is 0. The average molecular weight is 257 g/mol. The monoisotopic (exact) mass is 257 g/mol. The molecule has 0 saturated heterocycles. The van der Waals surface area contributed by atoms with E-state index >= 15 is 0 Å². The zero-order valence-electron chi connectivity index (χ0n) is 11.4. The molecule has 0 atom stereocenters. The normalized spacial score (nSPS) is 10.6. The predicted molar refractivity (Wildman–Crippen MR) is 75.0 cm³/mol. The fraction of sp³-hybridized carbons (Fsp3) is 0.333. The number of hydrogen-bond acceptors (Lipinski definition) is 2. The van der Waals surface area contributed by atoms with E-state index in [-0.39, 0.29) is 0 Å². The van der Waals surface area contributed by atoms with E-state index in [9.17, 15) is 4.79 Å². The van der Waals surface area contributed by atoms with Crippen molar-refractivity contribution in [3.8, 4) is 0 Å². The Kier molecular flexibility index (Phi) is 4.00. The molecule has 19 heavy (non-hydrogen) atoms. The van der Waals surface area contributed by atoms with Crippen LogP contribution < -0.4 is 5.73 Å². The van der Waals surface area contributed by atoms with Crippen LogP contribution in [0.5, 0.6) is 0 Å². The van der Waals surface area contributed by atoms with Crippen molar-refractivity contribution < 1.29 is 4.79 Å². The molecule has 0 saturated carbocycles. The van der Waals surface area contributed by atoms with Gasteiger partial charge in [0.2, 0.25) is 5.91 Å². The molecule has 0 radical (unpaired) electrons. The van der Waals surface area contributed by atoms with Gasteiger partial charge >= 0.3 is 0 Å². The number of carbonyl (C=O) groups excluding carboxylic acids is 1. The molecule has 1 aromatic carbocycles. The molecule has 4 heteroatoms. The van der Waals surface area contributed by atoms with E-state index in [1.54, 1.807) is 6.07 Å². The van der Waals surface area contributed by atoms with Crippen LogP contribution >= 0.6 is 0 Å². The summed E-state index contributed by atoms with van der Waals surface area (Å²) in [6.45, 7) is 4.78. The van der Waals surface area contributed by atoms with Gasteiger partial charge in [0.25, 0.3) is 0 Å². The largest absolute Gasteiger partial charge is 0.366 e. The standard InChI is InChI=1S/C15H19N3O/c1-3-12-9-13(4-2)18(17-12)10-11-7-5-6-8-14(11)15(16)19/h5-9H,3-4,10H2,1-2H3,(H2,16,19). The molecule has 1 amide bonds. The third-order valence-corrected chi connectivity index (χ3v) is 3.24. The molecule has 0 aliphatic carbocycles. The molecular formula is C15H19N3O. The Morgan fingerprint density at radius 2 is 2.00 bits per heavy atom. The Bertz CT molecular complexity index is 587. The average Bonchev–Trinajstić information content (AvgIpc) is 2.81. The van der Waals surface area contributed by atoms with Crippen molar-refractivity contribution in [3.63, 3.8) is 0 Å². The Morgan fingerprint density at radius 3 is 2.63 bits per heavy atom. The van der Waals surface area contributed by atoms with E-state index < -0.39 is 5.91 Å². The summed E-state index contributed by atoms with van der Waals surface area (Å²) in [6, 6.07) is 9.54. The van der Waals surface area contributed by atoms with Crippen LogP contribution in [-0.4, -0.2) is 15.7 Å². The number of benzene rings is 1.